The van der Waals surface area contributed by atoms with Crippen molar-refractivity contribution in [2.45, 2.75) is 0 Å². The predicted octanol–water partition coefficient (Wildman–Crippen LogP) is 8.09. The summed E-state index contributed by atoms with van der Waals surface area (Å²) in [5, 5.41) is 5.33. The maximum atomic E-state index is 6.88. The Balaban J connectivity index is 0.897. The van der Waals surface area contributed by atoms with Crippen LogP contribution in [0.4, 0.5) is 34.1 Å². The molecule has 10 aromatic carbocycles. The fourth-order valence-electron chi connectivity index (χ4n) is 12.6. The molecular weight excluding hydrogens is 862 g/mol. The lowest BCUT2D eigenvalue weighted by Gasteiger charge is -2.50. The first-order chi connectivity index (χ1) is 34.2. The molecule has 0 unspecified atom stereocenters. The molecule has 0 N–H and O–H groups in total. The Hall–Kier alpha value is -8.65. The summed E-state index contributed by atoms with van der Waals surface area (Å²) in [6.45, 7) is -0.0506. The van der Waals surface area contributed by atoms with Gasteiger partial charge in [-0.3, -0.25) is 0 Å². The van der Waals surface area contributed by atoms with Gasteiger partial charge in [0.15, 0.2) is 8.07 Å². The van der Waals surface area contributed by atoms with Gasteiger partial charge in [-0.25, -0.2) is 0 Å². The van der Waals surface area contributed by atoms with Crippen LogP contribution in [0.5, 0.6) is 46.0 Å². The standard InChI is InChI=1S/C60H36B2N2O4Si/c1-9-24-48-39(16-1)61-40-17-2-10-25-49(40)68-54-36-38(35-53(67-48)60(54)61)64-45-21-6-13-30-57(45)69(58-31-14-7-22-46(58)64)55-28-11-4-19-43(55)63(44-20-5-12-29-56(44)69)37-32-33-50-42(34-37)62-41-18-3-8-23-47(41)65-51-26-15-27-52(66-50)59(51)62/h1-36H. The molecule has 1 spiro atoms. The first-order valence-corrected chi connectivity index (χ1v) is 25.6. The molecule has 0 aliphatic carbocycles. The van der Waals surface area contributed by atoms with Crippen molar-refractivity contribution in [1.82, 2.24) is 0 Å². The number of hydrogen-bond donors (Lipinski definition) is 0. The third kappa shape index (κ3) is 4.91. The Bertz CT molecular complexity index is 3710. The molecule has 6 aliphatic rings. The fourth-order valence-corrected chi connectivity index (χ4v) is 18.1. The zero-order chi connectivity index (χ0) is 45.0. The lowest BCUT2D eigenvalue weighted by atomic mass is 9.35. The Morgan fingerprint density at radius 1 is 0.275 bits per heavy atom. The number of ether oxygens (including phenoxy) is 4. The molecule has 0 bridgehead atoms. The number of para-hydroxylation sites is 7. The van der Waals surface area contributed by atoms with E-state index in [9.17, 15) is 0 Å². The maximum Gasteiger partial charge on any atom is 0.260 e. The molecule has 6 nitrogen and oxygen atoms in total. The zero-order valence-electron chi connectivity index (χ0n) is 37.0. The van der Waals surface area contributed by atoms with Crippen LogP contribution in [0.1, 0.15) is 0 Å². The second-order valence-electron chi connectivity index (χ2n) is 18.6. The number of anilines is 6. The number of hydrogen-bond acceptors (Lipinski definition) is 6. The molecule has 69 heavy (non-hydrogen) atoms. The molecule has 16 rings (SSSR count). The van der Waals surface area contributed by atoms with E-state index in [1.165, 1.54) is 32.1 Å². The van der Waals surface area contributed by atoms with Gasteiger partial charge in [-0.2, -0.15) is 0 Å². The molecule has 6 aliphatic heterocycles. The van der Waals surface area contributed by atoms with Crippen molar-refractivity contribution in [1.29, 1.82) is 0 Å². The normalized spacial score (nSPS) is 14.8. The minimum Gasteiger partial charge on any atom is -0.458 e. The van der Waals surface area contributed by atoms with Crippen molar-refractivity contribution in [3.8, 4) is 46.0 Å². The van der Waals surface area contributed by atoms with Crippen LogP contribution >= 0.6 is 0 Å². The van der Waals surface area contributed by atoms with Crippen LogP contribution in [-0.2, 0) is 0 Å². The van der Waals surface area contributed by atoms with Gasteiger partial charge in [-0.15, -0.1) is 0 Å². The highest BCUT2D eigenvalue weighted by Crippen LogP contribution is 2.47. The Labute approximate surface area is 400 Å². The minimum atomic E-state index is -3.08. The van der Waals surface area contributed by atoms with Gasteiger partial charge < -0.3 is 28.7 Å². The summed E-state index contributed by atoms with van der Waals surface area (Å²) in [5.74, 6) is 6.80. The van der Waals surface area contributed by atoms with Crippen molar-refractivity contribution < 1.29 is 18.9 Å². The van der Waals surface area contributed by atoms with Gasteiger partial charge in [-0.1, -0.05) is 133 Å². The highest BCUT2D eigenvalue weighted by molar-refractivity contribution is 7.23. The molecule has 320 valence electrons. The molecule has 10 aromatic rings. The van der Waals surface area contributed by atoms with Gasteiger partial charge in [0.1, 0.15) is 46.0 Å². The lowest BCUT2D eigenvalue weighted by Crippen LogP contribution is -2.79. The van der Waals surface area contributed by atoms with Crippen LogP contribution in [-0.4, -0.2) is 21.5 Å². The molecule has 0 saturated carbocycles. The summed E-state index contributed by atoms with van der Waals surface area (Å²) in [5.41, 5.74) is 13.4. The summed E-state index contributed by atoms with van der Waals surface area (Å²) < 4.78 is 27.0. The molecule has 0 saturated heterocycles. The molecule has 0 aromatic heterocycles. The van der Waals surface area contributed by atoms with E-state index in [1.807, 2.05) is 12.1 Å². The van der Waals surface area contributed by atoms with Gasteiger partial charge in [0.25, 0.3) is 13.4 Å². The van der Waals surface area contributed by atoms with E-state index in [1.54, 1.807) is 0 Å². The average Bonchev–Trinajstić information content (AvgIpc) is 3.40. The Morgan fingerprint density at radius 2 is 0.623 bits per heavy atom. The molecular formula is C60H36B2N2O4Si. The molecule has 9 heteroatoms. The third-order valence-electron chi connectivity index (χ3n) is 15.3. The molecule has 6 heterocycles. The topological polar surface area (TPSA) is 43.4 Å². The number of fused-ring (bicyclic) bond motifs is 16. The molecule has 0 radical (unpaired) electrons. The number of rotatable bonds is 2. The summed E-state index contributed by atoms with van der Waals surface area (Å²) in [6, 6.07) is 79.0. The summed E-state index contributed by atoms with van der Waals surface area (Å²) in [4.78, 5) is 4.93. The summed E-state index contributed by atoms with van der Waals surface area (Å²) in [7, 11) is -3.08. The molecule has 0 fully saturated rings. The monoisotopic (exact) mass is 898 g/mol. The Morgan fingerprint density at radius 3 is 1.10 bits per heavy atom. The van der Waals surface area contributed by atoms with Crippen molar-refractivity contribution in [2.24, 2.45) is 0 Å². The maximum absolute atomic E-state index is 6.88. The number of nitrogens with zero attached hydrogens (tertiary/aromatic N) is 2. The van der Waals surface area contributed by atoms with Crippen LogP contribution in [0.2, 0.25) is 0 Å². The van der Waals surface area contributed by atoms with Gasteiger partial charge >= 0.3 is 0 Å². The van der Waals surface area contributed by atoms with Crippen LogP contribution < -0.4 is 82.3 Å². The van der Waals surface area contributed by atoms with E-state index in [4.69, 9.17) is 18.9 Å². The summed E-state index contributed by atoms with van der Waals surface area (Å²) >= 11 is 0. The first kappa shape index (κ1) is 37.4. The van der Waals surface area contributed by atoms with Crippen molar-refractivity contribution >= 4 is 109 Å². The van der Waals surface area contributed by atoms with Crippen LogP contribution in [0.3, 0.4) is 0 Å². The van der Waals surface area contributed by atoms with Gasteiger partial charge in [0, 0.05) is 51.5 Å². The Kier molecular flexibility index (Phi) is 7.44. The summed E-state index contributed by atoms with van der Waals surface area (Å²) in [6.07, 6.45) is 0. The largest absolute Gasteiger partial charge is 0.458 e. The second kappa shape index (κ2) is 13.7. The van der Waals surface area contributed by atoms with E-state index in [0.29, 0.717) is 0 Å². The fraction of sp³-hybridized carbons (Fsp3) is 0. The highest BCUT2D eigenvalue weighted by atomic mass is 28.3. The first-order valence-electron chi connectivity index (χ1n) is 23.6. The van der Waals surface area contributed by atoms with Crippen LogP contribution in [0, 0.1) is 0 Å². The average molecular weight is 899 g/mol. The molecule has 0 atom stereocenters. The van der Waals surface area contributed by atoms with Gasteiger partial charge in [-0.05, 0) is 115 Å². The van der Waals surface area contributed by atoms with Crippen LogP contribution in [0.25, 0.3) is 0 Å². The quantitative estimate of drug-likeness (QED) is 0.164. The van der Waals surface area contributed by atoms with Gasteiger partial charge in [0.2, 0.25) is 0 Å². The second-order valence-corrected chi connectivity index (χ2v) is 22.3. The lowest BCUT2D eigenvalue weighted by molar-refractivity contribution is 0.464. The van der Waals surface area contributed by atoms with E-state index < -0.39 is 8.07 Å². The SMILES string of the molecule is c1ccc2c(c1)Oc1cc(N3c4ccccc4[Si]4(c5ccccc53)c3ccccc3N(c3ccc5c(c3)B3c6ccccc6Oc6cccc(c63)O5)c3ccccc34)cc3c1B2c1ccccc1O3. The van der Waals surface area contributed by atoms with E-state index in [2.05, 4.69) is 216 Å². The smallest absolute Gasteiger partial charge is 0.260 e. The zero-order valence-corrected chi connectivity index (χ0v) is 38.0. The molecule has 0 amide bonds. The van der Waals surface area contributed by atoms with Crippen molar-refractivity contribution in [2.75, 3.05) is 9.80 Å². The van der Waals surface area contributed by atoms with E-state index in [0.717, 1.165) is 102 Å². The van der Waals surface area contributed by atoms with Crippen LogP contribution in [0.15, 0.2) is 218 Å². The third-order valence-corrected chi connectivity index (χ3v) is 20.2. The predicted molar refractivity (Wildman–Crippen MR) is 282 cm³/mol. The van der Waals surface area contributed by atoms with Crippen molar-refractivity contribution in [3.05, 3.63) is 218 Å². The van der Waals surface area contributed by atoms with Crippen molar-refractivity contribution in [3.63, 3.8) is 0 Å². The number of benzene rings is 10. The highest BCUT2D eigenvalue weighted by Gasteiger charge is 2.54. The minimum absolute atomic E-state index is 0.00263. The van der Waals surface area contributed by atoms with Gasteiger partial charge in [0.05, 0.1) is 5.69 Å². The van der Waals surface area contributed by atoms with E-state index >= 15 is 0 Å². The van der Waals surface area contributed by atoms with E-state index in [-0.39, 0.29) is 13.4 Å².